The molecule has 0 amide bonds. The van der Waals surface area contributed by atoms with Crippen LogP contribution in [0.1, 0.15) is 30.0 Å². The largest absolute Gasteiger partial charge is 0.459 e. The molecule has 0 bridgehead atoms. The highest BCUT2D eigenvalue weighted by Gasteiger charge is 2.62. The van der Waals surface area contributed by atoms with Crippen LogP contribution in [0.3, 0.4) is 0 Å². The van der Waals surface area contributed by atoms with Crippen molar-refractivity contribution in [2.75, 3.05) is 18.1 Å². The first-order valence-corrected chi connectivity index (χ1v) is 10.1. The maximum atomic E-state index is 14.1. The maximum absolute atomic E-state index is 14.1. The lowest BCUT2D eigenvalue weighted by Crippen LogP contribution is -2.43. The van der Waals surface area contributed by atoms with Crippen molar-refractivity contribution in [3.63, 3.8) is 0 Å². The quantitative estimate of drug-likeness (QED) is 0.554. The summed E-state index contributed by atoms with van der Waals surface area (Å²) in [6, 6.07) is 12.7. The van der Waals surface area contributed by atoms with Gasteiger partial charge < -0.3 is 5.32 Å². The molecule has 2 heterocycles. The Morgan fingerprint density at radius 3 is 2.32 bits per heavy atom. The molecule has 164 valence electrons. The fourth-order valence-corrected chi connectivity index (χ4v) is 4.01. The third-order valence-corrected chi connectivity index (χ3v) is 5.78. The second-order valence-corrected chi connectivity index (χ2v) is 7.85. The van der Waals surface area contributed by atoms with Crippen LogP contribution < -0.4 is 10.3 Å². The molecule has 2 aromatic rings. The lowest BCUT2D eigenvalue weighted by Gasteiger charge is -2.25. The van der Waals surface area contributed by atoms with Crippen molar-refractivity contribution >= 4 is 28.6 Å². The highest BCUT2D eigenvalue weighted by Crippen LogP contribution is 2.45. The number of anilines is 1. The lowest BCUT2D eigenvalue weighted by atomic mass is 9.94. The number of rotatable bonds is 4. The molecule has 1 N–H and O–H groups in total. The number of alkyl halides is 5. The zero-order chi connectivity index (χ0) is 22.2. The molecular weight excluding hydrogens is 437 g/mol. The van der Waals surface area contributed by atoms with E-state index in [1.807, 2.05) is 12.1 Å². The van der Waals surface area contributed by atoms with Gasteiger partial charge in [-0.25, -0.2) is 0 Å². The van der Waals surface area contributed by atoms with Crippen molar-refractivity contribution < 1.29 is 22.0 Å². The molecule has 1 unspecified atom stereocenters. The molecular formula is C22H19ClF5N3. The summed E-state index contributed by atoms with van der Waals surface area (Å²) in [5, 5.41) is 8.31. The van der Waals surface area contributed by atoms with Crippen LogP contribution in [0, 0.1) is 0 Å². The normalized spacial score (nSPS) is 19.9. The number of halogens is 6. The minimum Gasteiger partial charge on any atom is -0.313 e. The minimum absolute atomic E-state index is 0.212. The maximum Gasteiger partial charge on any atom is 0.459 e. The van der Waals surface area contributed by atoms with Gasteiger partial charge in [-0.3, -0.25) is 5.01 Å². The Kier molecular flexibility index (Phi) is 5.79. The molecule has 2 aliphatic rings. The Morgan fingerprint density at radius 1 is 1.00 bits per heavy atom. The summed E-state index contributed by atoms with van der Waals surface area (Å²) in [7, 11) is 0. The van der Waals surface area contributed by atoms with Gasteiger partial charge in [0.25, 0.3) is 0 Å². The Bertz CT molecular complexity index is 1010. The Hall–Kier alpha value is -2.45. The number of hydrogen-bond donors (Lipinski definition) is 1. The van der Waals surface area contributed by atoms with Gasteiger partial charge in [0.05, 0.1) is 16.8 Å². The summed E-state index contributed by atoms with van der Waals surface area (Å²) in [6.07, 6.45) is -3.35. The van der Waals surface area contributed by atoms with Crippen LogP contribution in [0.15, 0.2) is 59.7 Å². The summed E-state index contributed by atoms with van der Waals surface area (Å²) in [6.45, 7) is 1.63. The Labute approximate surface area is 181 Å². The highest BCUT2D eigenvalue weighted by atomic mass is 35.5. The number of nitrogens with one attached hydrogen (secondary N) is 1. The van der Waals surface area contributed by atoms with Gasteiger partial charge in [0, 0.05) is 13.0 Å². The fraction of sp³-hybridized carbons (Fsp3) is 0.318. The first-order valence-electron chi connectivity index (χ1n) is 9.75. The molecule has 0 aromatic heterocycles. The highest BCUT2D eigenvalue weighted by molar-refractivity contribution is 6.33. The van der Waals surface area contributed by atoms with Crippen LogP contribution in [0.4, 0.5) is 27.6 Å². The number of nitrogens with zero attached hydrogens (tertiary/aromatic N) is 2. The molecule has 0 spiro atoms. The molecule has 9 heteroatoms. The van der Waals surface area contributed by atoms with E-state index >= 15 is 0 Å². The average Bonchev–Trinajstić information content (AvgIpc) is 3.20. The third kappa shape index (κ3) is 4.19. The molecule has 3 nitrogen and oxygen atoms in total. The zero-order valence-corrected chi connectivity index (χ0v) is 17.0. The van der Waals surface area contributed by atoms with Gasteiger partial charge >= 0.3 is 12.1 Å². The predicted octanol–water partition coefficient (Wildman–Crippen LogP) is 6.22. The van der Waals surface area contributed by atoms with E-state index in [1.165, 1.54) is 11.6 Å². The van der Waals surface area contributed by atoms with Crippen LogP contribution in [-0.4, -0.2) is 30.9 Å². The third-order valence-electron chi connectivity index (χ3n) is 5.46. The van der Waals surface area contributed by atoms with E-state index in [-0.39, 0.29) is 10.7 Å². The van der Waals surface area contributed by atoms with E-state index in [2.05, 4.69) is 16.5 Å². The first-order chi connectivity index (χ1) is 14.7. The number of benzene rings is 2. The van der Waals surface area contributed by atoms with E-state index < -0.39 is 30.3 Å². The van der Waals surface area contributed by atoms with Crippen LogP contribution >= 0.6 is 11.6 Å². The van der Waals surface area contributed by atoms with Crippen molar-refractivity contribution in [2.45, 2.75) is 31.0 Å². The van der Waals surface area contributed by atoms with Gasteiger partial charge in [-0.2, -0.15) is 27.1 Å². The number of hydrogen-bond acceptors (Lipinski definition) is 3. The molecule has 0 aliphatic carbocycles. The summed E-state index contributed by atoms with van der Waals surface area (Å²) in [5.74, 6) is -5.03. The van der Waals surface area contributed by atoms with Gasteiger partial charge in [0.1, 0.15) is 5.71 Å². The smallest absolute Gasteiger partial charge is 0.313 e. The van der Waals surface area contributed by atoms with E-state index in [0.717, 1.165) is 30.1 Å². The molecule has 0 saturated heterocycles. The van der Waals surface area contributed by atoms with E-state index in [9.17, 15) is 22.0 Å². The topological polar surface area (TPSA) is 27.6 Å². The zero-order valence-electron chi connectivity index (χ0n) is 16.3. The standard InChI is InChI=1S/C22H19ClF5N3/c23-17-3-1-2-4-18(17)31-19(13-20(30-31)21(24,25)22(26,27)28)16-7-5-14(6-8-16)15-9-11-29-12-10-15/h1-9,19,29H,10-13H2. The lowest BCUT2D eigenvalue weighted by molar-refractivity contribution is -0.249. The molecule has 1 atom stereocenters. The predicted molar refractivity (Wildman–Crippen MR) is 112 cm³/mol. The number of hydrazone groups is 1. The molecule has 2 aromatic carbocycles. The molecule has 0 fully saturated rings. The Balaban J connectivity index is 1.70. The summed E-state index contributed by atoms with van der Waals surface area (Å²) in [4.78, 5) is 0. The van der Waals surface area contributed by atoms with Crippen molar-refractivity contribution in [1.29, 1.82) is 0 Å². The molecule has 0 saturated carbocycles. The van der Waals surface area contributed by atoms with Crippen LogP contribution in [0.25, 0.3) is 5.57 Å². The van der Waals surface area contributed by atoms with Crippen molar-refractivity contribution in [2.24, 2.45) is 5.10 Å². The van der Waals surface area contributed by atoms with Crippen molar-refractivity contribution in [3.8, 4) is 0 Å². The molecule has 0 radical (unpaired) electrons. The second kappa shape index (κ2) is 8.24. The SMILES string of the molecule is FC(F)(F)C(F)(F)C1=NN(c2ccccc2Cl)C(c2ccc(C3=CCNCC3)cc2)C1. The van der Waals surface area contributed by atoms with E-state index in [4.69, 9.17) is 11.6 Å². The van der Waals surface area contributed by atoms with Crippen molar-refractivity contribution in [1.82, 2.24) is 5.32 Å². The van der Waals surface area contributed by atoms with Gasteiger partial charge in [-0.05, 0) is 41.8 Å². The van der Waals surface area contributed by atoms with E-state index in [1.54, 1.807) is 30.3 Å². The minimum atomic E-state index is -5.72. The van der Waals surface area contributed by atoms with Crippen LogP contribution in [0.5, 0.6) is 0 Å². The van der Waals surface area contributed by atoms with E-state index in [0.29, 0.717) is 5.56 Å². The van der Waals surface area contributed by atoms with Gasteiger partial charge in [0.15, 0.2) is 0 Å². The van der Waals surface area contributed by atoms with Gasteiger partial charge in [-0.15, -0.1) is 0 Å². The van der Waals surface area contributed by atoms with Crippen LogP contribution in [-0.2, 0) is 0 Å². The van der Waals surface area contributed by atoms with Crippen LogP contribution in [0.2, 0.25) is 5.02 Å². The molecule has 31 heavy (non-hydrogen) atoms. The summed E-state index contributed by atoms with van der Waals surface area (Å²) in [5.41, 5.74) is 1.78. The average molecular weight is 456 g/mol. The Morgan fingerprint density at radius 2 is 1.71 bits per heavy atom. The number of para-hydroxylation sites is 1. The van der Waals surface area contributed by atoms with Gasteiger partial charge in [-0.1, -0.05) is 54.1 Å². The monoisotopic (exact) mass is 455 g/mol. The summed E-state index contributed by atoms with van der Waals surface area (Å²) >= 11 is 6.20. The fourth-order valence-electron chi connectivity index (χ4n) is 3.79. The molecule has 4 rings (SSSR count). The van der Waals surface area contributed by atoms with Gasteiger partial charge in [0.2, 0.25) is 0 Å². The second-order valence-electron chi connectivity index (χ2n) is 7.44. The first kappa shape index (κ1) is 21.8. The summed E-state index contributed by atoms with van der Waals surface area (Å²) < 4.78 is 67.2. The molecule has 2 aliphatic heterocycles. The van der Waals surface area contributed by atoms with Crippen molar-refractivity contribution in [3.05, 3.63) is 70.8 Å².